The summed E-state index contributed by atoms with van der Waals surface area (Å²) < 4.78 is 0. The molecule has 0 aliphatic heterocycles. The van der Waals surface area contributed by atoms with Crippen LogP contribution in [-0.2, 0) is 12.8 Å². The zero-order valence-corrected chi connectivity index (χ0v) is 15.6. The Labute approximate surface area is 142 Å². The molecule has 1 aliphatic carbocycles. The van der Waals surface area contributed by atoms with Crippen molar-refractivity contribution in [1.29, 1.82) is 0 Å². The van der Waals surface area contributed by atoms with Crippen LogP contribution in [0.2, 0.25) is 0 Å². The summed E-state index contributed by atoms with van der Waals surface area (Å²) >= 11 is 3.67. The first-order valence-corrected chi connectivity index (χ1v) is 10.1. The van der Waals surface area contributed by atoms with Crippen molar-refractivity contribution in [2.75, 3.05) is 19.8 Å². The lowest BCUT2D eigenvalue weighted by Gasteiger charge is -2.24. The average Bonchev–Trinajstić information content (AvgIpc) is 3.12. The van der Waals surface area contributed by atoms with Crippen molar-refractivity contribution in [3.63, 3.8) is 0 Å². The van der Waals surface area contributed by atoms with Gasteiger partial charge in [0.2, 0.25) is 0 Å². The van der Waals surface area contributed by atoms with Crippen molar-refractivity contribution in [2.24, 2.45) is 0 Å². The van der Waals surface area contributed by atoms with E-state index in [4.69, 9.17) is 0 Å². The van der Waals surface area contributed by atoms with Crippen molar-refractivity contribution < 1.29 is 4.79 Å². The van der Waals surface area contributed by atoms with Crippen LogP contribution in [0.3, 0.4) is 0 Å². The van der Waals surface area contributed by atoms with Crippen molar-refractivity contribution in [1.82, 2.24) is 15.2 Å². The lowest BCUT2D eigenvalue weighted by molar-refractivity contribution is 0.191. The van der Waals surface area contributed by atoms with E-state index < -0.39 is 0 Å². The van der Waals surface area contributed by atoms with E-state index >= 15 is 0 Å². The van der Waals surface area contributed by atoms with Crippen LogP contribution in [-0.4, -0.2) is 47.1 Å². The van der Waals surface area contributed by atoms with Gasteiger partial charge < -0.3 is 10.2 Å². The Morgan fingerprint density at radius 1 is 1.50 bits per heavy atom. The fraction of sp³-hybridized carbons (Fsp3) is 0.750. The summed E-state index contributed by atoms with van der Waals surface area (Å²) in [5.74, 6) is 0. The Bertz CT molecular complexity index is 504. The van der Waals surface area contributed by atoms with Gasteiger partial charge in [-0.2, -0.15) is 11.8 Å². The molecule has 1 heterocycles. The minimum absolute atomic E-state index is 0.0516. The number of carbonyl (C=O) groups excluding carboxylic acids is 1. The Balaban J connectivity index is 1.75. The molecule has 1 fully saturated rings. The molecule has 2 amide bonds. The topological polar surface area (TPSA) is 45.2 Å². The van der Waals surface area contributed by atoms with Gasteiger partial charge in [0.25, 0.3) is 0 Å². The van der Waals surface area contributed by atoms with Crippen LogP contribution in [0.15, 0.2) is 0 Å². The predicted octanol–water partition coefficient (Wildman–Crippen LogP) is 3.48. The molecule has 4 nitrogen and oxygen atoms in total. The second-order valence-corrected chi connectivity index (χ2v) is 8.31. The lowest BCUT2D eigenvalue weighted by Crippen LogP contribution is -2.43. The smallest absolute Gasteiger partial charge is 0.317 e. The molecule has 1 N–H and O–H groups in total. The average molecular weight is 342 g/mol. The summed E-state index contributed by atoms with van der Waals surface area (Å²) in [6.45, 7) is 4.92. The number of hydrogen-bond acceptors (Lipinski definition) is 4. The summed E-state index contributed by atoms with van der Waals surface area (Å²) in [5, 5.41) is 4.87. The number of hydrogen-bond donors (Lipinski definition) is 1. The maximum atomic E-state index is 12.2. The summed E-state index contributed by atoms with van der Waals surface area (Å²) in [6.07, 6.45) is 7.44. The van der Waals surface area contributed by atoms with Gasteiger partial charge in [0.05, 0.1) is 10.7 Å². The van der Waals surface area contributed by atoms with Gasteiger partial charge >= 0.3 is 6.03 Å². The maximum Gasteiger partial charge on any atom is 0.317 e. The SMILES string of the molecule is CCc1nc(CCNC(=O)N(C)[C@H]2CC[C@@H](SC)C2)sc1C. The Hall–Kier alpha value is -0.750. The normalized spacial score (nSPS) is 21.1. The molecule has 0 unspecified atom stereocenters. The summed E-state index contributed by atoms with van der Waals surface area (Å²) in [4.78, 5) is 20.0. The molecule has 1 aromatic heterocycles. The van der Waals surface area contributed by atoms with Gasteiger partial charge in [0.1, 0.15) is 0 Å². The van der Waals surface area contributed by atoms with Crippen LogP contribution < -0.4 is 5.32 Å². The first-order valence-electron chi connectivity index (χ1n) is 8.03. The first-order chi connectivity index (χ1) is 10.5. The van der Waals surface area contributed by atoms with Crippen LogP contribution in [0.25, 0.3) is 0 Å². The highest BCUT2D eigenvalue weighted by Crippen LogP contribution is 2.30. The summed E-state index contributed by atoms with van der Waals surface area (Å²) in [6, 6.07) is 0.446. The highest BCUT2D eigenvalue weighted by molar-refractivity contribution is 7.99. The molecule has 1 saturated carbocycles. The molecule has 0 spiro atoms. The summed E-state index contributed by atoms with van der Waals surface area (Å²) in [5.41, 5.74) is 1.19. The summed E-state index contributed by atoms with van der Waals surface area (Å²) in [7, 11) is 1.92. The van der Waals surface area contributed by atoms with Crippen molar-refractivity contribution >= 4 is 29.1 Å². The maximum absolute atomic E-state index is 12.2. The largest absolute Gasteiger partial charge is 0.338 e. The Morgan fingerprint density at radius 3 is 2.86 bits per heavy atom. The lowest BCUT2D eigenvalue weighted by atomic mass is 10.2. The van der Waals surface area contributed by atoms with Crippen molar-refractivity contribution in [2.45, 2.75) is 57.2 Å². The molecule has 124 valence electrons. The number of carbonyl (C=O) groups is 1. The number of aryl methyl sites for hydroxylation is 2. The highest BCUT2D eigenvalue weighted by atomic mass is 32.2. The number of urea groups is 1. The first kappa shape index (κ1) is 17.6. The van der Waals surface area contributed by atoms with Crippen LogP contribution in [0, 0.1) is 6.92 Å². The van der Waals surface area contributed by atoms with Crippen LogP contribution in [0.5, 0.6) is 0 Å². The number of thiazole rings is 1. The Morgan fingerprint density at radius 2 is 2.27 bits per heavy atom. The number of thioether (sulfide) groups is 1. The third-order valence-electron chi connectivity index (χ3n) is 4.45. The van der Waals surface area contributed by atoms with Crippen molar-refractivity contribution in [3.8, 4) is 0 Å². The molecule has 1 aromatic rings. The quantitative estimate of drug-likeness (QED) is 0.861. The van der Waals surface area contributed by atoms with E-state index in [1.807, 2.05) is 23.7 Å². The fourth-order valence-electron chi connectivity index (χ4n) is 2.97. The molecule has 0 aromatic carbocycles. The zero-order chi connectivity index (χ0) is 16.1. The molecule has 1 aliphatic rings. The van der Waals surface area contributed by atoms with E-state index in [1.54, 1.807) is 11.3 Å². The van der Waals surface area contributed by atoms with E-state index in [2.05, 4.69) is 30.4 Å². The van der Waals surface area contributed by atoms with Crippen LogP contribution in [0.1, 0.15) is 41.8 Å². The standard InChI is InChI=1S/C16H27N3OS2/c1-5-14-11(2)22-15(18-14)8-9-17-16(20)19(3)12-6-7-13(10-12)21-4/h12-13H,5-10H2,1-4H3,(H,17,20)/t12-,13+/m0/s1. The molecule has 2 rings (SSSR count). The minimum Gasteiger partial charge on any atom is -0.338 e. The van der Waals surface area contributed by atoms with E-state index in [0.717, 1.165) is 30.7 Å². The number of amides is 2. The number of rotatable bonds is 6. The zero-order valence-electron chi connectivity index (χ0n) is 14.0. The van der Waals surface area contributed by atoms with E-state index in [-0.39, 0.29) is 6.03 Å². The molecular weight excluding hydrogens is 314 g/mol. The number of nitrogens with zero attached hydrogens (tertiary/aromatic N) is 2. The van der Waals surface area contributed by atoms with Crippen LogP contribution in [0.4, 0.5) is 4.79 Å². The van der Waals surface area contributed by atoms with E-state index in [9.17, 15) is 4.79 Å². The number of nitrogens with one attached hydrogen (secondary N) is 1. The molecule has 2 atom stereocenters. The van der Waals surface area contributed by atoms with Gasteiger partial charge in [-0.05, 0) is 38.9 Å². The second kappa shape index (κ2) is 8.20. The molecule has 6 heteroatoms. The molecule has 22 heavy (non-hydrogen) atoms. The van der Waals surface area contributed by atoms with E-state index in [0.29, 0.717) is 17.8 Å². The number of aromatic nitrogens is 1. The van der Waals surface area contributed by atoms with Gasteiger partial charge in [-0.15, -0.1) is 11.3 Å². The molecule has 0 radical (unpaired) electrons. The van der Waals surface area contributed by atoms with Crippen molar-refractivity contribution in [3.05, 3.63) is 15.6 Å². The van der Waals surface area contributed by atoms with Gasteiger partial charge in [-0.25, -0.2) is 9.78 Å². The third kappa shape index (κ3) is 4.38. The van der Waals surface area contributed by atoms with Gasteiger partial charge in [-0.1, -0.05) is 6.92 Å². The van der Waals surface area contributed by atoms with E-state index in [1.165, 1.54) is 17.0 Å². The third-order valence-corrected chi connectivity index (χ3v) is 6.61. The minimum atomic E-state index is 0.0516. The monoisotopic (exact) mass is 341 g/mol. The van der Waals surface area contributed by atoms with Crippen LogP contribution >= 0.6 is 23.1 Å². The highest BCUT2D eigenvalue weighted by Gasteiger charge is 2.29. The molecule has 0 saturated heterocycles. The van der Waals surface area contributed by atoms with Gasteiger partial charge in [0, 0.05) is 36.2 Å². The Kier molecular flexibility index (Phi) is 6.56. The molecule has 0 bridgehead atoms. The molecular formula is C16H27N3OS2. The van der Waals surface area contributed by atoms with Gasteiger partial charge in [0.15, 0.2) is 0 Å². The van der Waals surface area contributed by atoms with Gasteiger partial charge in [-0.3, -0.25) is 0 Å². The second-order valence-electron chi connectivity index (χ2n) is 5.88. The predicted molar refractivity (Wildman–Crippen MR) is 96.0 cm³/mol. The fourth-order valence-corrected chi connectivity index (χ4v) is 4.78.